The van der Waals surface area contributed by atoms with E-state index in [0.29, 0.717) is 16.9 Å². The summed E-state index contributed by atoms with van der Waals surface area (Å²) in [6.45, 7) is 0. The van der Waals surface area contributed by atoms with Gasteiger partial charge in [0.05, 0.1) is 16.2 Å². The fourth-order valence-corrected chi connectivity index (χ4v) is 2.22. The van der Waals surface area contributed by atoms with Crippen LogP contribution in [0.1, 0.15) is 5.56 Å². The molecule has 1 aromatic heterocycles. The first kappa shape index (κ1) is 20.2. The second kappa shape index (κ2) is 7.25. The molecule has 0 radical (unpaired) electrons. The van der Waals surface area contributed by atoms with Crippen LogP contribution >= 0.6 is 34.8 Å². The molecule has 0 saturated heterocycles. The number of nitrogens with zero attached hydrogens (tertiary/aromatic N) is 3. The molecule has 2 rings (SSSR count). The van der Waals surface area contributed by atoms with Gasteiger partial charge in [0.25, 0.3) is 5.91 Å². The van der Waals surface area contributed by atoms with Crippen molar-refractivity contribution in [2.75, 3.05) is 5.32 Å². The lowest BCUT2D eigenvalue weighted by Gasteiger charge is -2.14. The number of amides is 1. The summed E-state index contributed by atoms with van der Waals surface area (Å²) in [5, 5.41) is 15.6. The molecule has 0 spiro atoms. The van der Waals surface area contributed by atoms with Crippen molar-refractivity contribution in [3.8, 4) is 5.69 Å². The minimum absolute atomic E-state index is 0.377. The van der Waals surface area contributed by atoms with Crippen molar-refractivity contribution in [2.24, 2.45) is 0 Å². The Morgan fingerprint density at radius 2 is 1.96 bits per heavy atom. The second-order valence-electron chi connectivity index (χ2n) is 4.60. The van der Waals surface area contributed by atoms with E-state index in [9.17, 15) is 32.5 Å². The van der Waals surface area contributed by atoms with E-state index < -0.39 is 55.4 Å². The molecule has 0 atom stereocenters. The Morgan fingerprint density at radius 3 is 2.46 bits per heavy atom. The van der Waals surface area contributed by atoms with Gasteiger partial charge in [0.1, 0.15) is 11.2 Å². The number of benzene rings is 1. The van der Waals surface area contributed by atoms with Crippen molar-refractivity contribution in [1.82, 2.24) is 9.78 Å². The molecular formula is C12H5Cl3F4N4O3. The van der Waals surface area contributed by atoms with Gasteiger partial charge in [-0.05, 0) is 12.1 Å². The molecule has 0 aliphatic rings. The number of anilines is 1. The van der Waals surface area contributed by atoms with Crippen molar-refractivity contribution in [3.63, 3.8) is 0 Å². The summed E-state index contributed by atoms with van der Waals surface area (Å²) >= 11 is 16.3. The molecule has 0 aliphatic heterocycles. The van der Waals surface area contributed by atoms with E-state index in [-0.39, 0.29) is 0 Å². The molecule has 1 heterocycles. The highest BCUT2D eigenvalue weighted by molar-refractivity contribution is 6.54. The van der Waals surface area contributed by atoms with Crippen LogP contribution in [0.4, 0.5) is 29.1 Å². The van der Waals surface area contributed by atoms with Crippen LogP contribution in [0.15, 0.2) is 18.3 Å². The zero-order chi connectivity index (χ0) is 19.8. The minimum Gasteiger partial charge on any atom is -0.302 e. The van der Waals surface area contributed by atoms with Gasteiger partial charge in [-0.1, -0.05) is 34.8 Å². The van der Waals surface area contributed by atoms with Gasteiger partial charge in [-0.2, -0.15) is 18.3 Å². The summed E-state index contributed by atoms with van der Waals surface area (Å²) in [4.78, 5) is 20.1. The number of carbonyl (C=O) groups is 1. The Bertz CT molecular complexity index is 885. The first-order valence-electron chi connectivity index (χ1n) is 6.32. The Morgan fingerprint density at radius 1 is 1.35 bits per heavy atom. The molecule has 1 aromatic carbocycles. The molecule has 0 saturated carbocycles. The standard InChI is InChI=1S/C12H5Cl3F4N4O3/c13-7-5(2-1-4(8(7)16)12(17,18)19)22-10(21-11(24)9(14)15)6(3-20-22)23(25)26/h1-3,9H,(H,21,24). The van der Waals surface area contributed by atoms with E-state index >= 15 is 0 Å². The first-order chi connectivity index (χ1) is 11.9. The van der Waals surface area contributed by atoms with Crippen molar-refractivity contribution in [1.29, 1.82) is 0 Å². The third-order valence-electron chi connectivity index (χ3n) is 2.98. The van der Waals surface area contributed by atoms with Gasteiger partial charge in [0.2, 0.25) is 5.82 Å². The second-order valence-corrected chi connectivity index (χ2v) is 6.07. The molecule has 14 heteroatoms. The normalized spacial score (nSPS) is 11.7. The van der Waals surface area contributed by atoms with Gasteiger partial charge in [-0.3, -0.25) is 14.9 Å². The van der Waals surface area contributed by atoms with Crippen LogP contribution in [0.2, 0.25) is 5.02 Å². The van der Waals surface area contributed by atoms with Gasteiger partial charge >= 0.3 is 11.9 Å². The smallest absolute Gasteiger partial charge is 0.302 e. The maximum absolute atomic E-state index is 14.0. The third-order valence-corrected chi connectivity index (χ3v) is 3.74. The highest BCUT2D eigenvalue weighted by Gasteiger charge is 2.36. The maximum Gasteiger partial charge on any atom is 0.419 e. The van der Waals surface area contributed by atoms with Gasteiger partial charge in [-0.15, -0.1) is 0 Å². The van der Waals surface area contributed by atoms with E-state index in [4.69, 9.17) is 34.8 Å². The summed E-state index contributed by atoms with van der Waals surface area (Å²) in [6.07, 6.45) is -4.33. The molecule has 1 amide bonds. The van der Waals surface area contributed by atoms with Gasteiger partial charge in [0, 0.05) is 0 Å². The summed E-state index contributed by atoms with van der Waals surface area (Å²) in [7, 11) is 0. The topological polar surface area (TPSA) is 90.1 Å². The Balaban J connectivity index is 2.64. The molecule has 1 N–H and O–H groups in total. The first-order valence-corrected chi connectivity index (χ1v) is 7.57. The van der Waals surface area contributed by atoms with E-state index in [2.05, 4.69) is 5.10 Å². The number of hydrogen-bond acceptors (Lipinski definition) is 4. The van der Waals surface area contributed by atoms with E-state index in [1.165, 1.54) is 0 Å². The van der Waals surface area contributed by atoms with Crippen molar-refractivity contribution < 1.29 is 27.3 Å². The lowest BCUT2D eigenvalue weighted by atomic mass is 10.2. The van der Waals surface area contributed by atoms with Gasteiger partial charge in [0.15, 0.2) is 10.7 Å². The Labute approximate surface area is 156 Å². The number of nitrogens with one attached hydrogen (secondary N) is 1. The quantitative estimate of drug-likeness (QED) is 0.335. The predicted molar refractivity (Wildman–Crippen MR) is 84.3 cm³/mol. The number of nitro groups is 1. The predicted octanol–water partition coefficient (Wildman–Crippen LogP) is 4.33. The summed E-state index contributed by atoms with van der Waals surface area (Å²) in [5.41, 5.74) is -2.87. The van der Waals surface area contributed by atoms with Gasteiger partial charge in [-0.25, -0.2) is 9.07 Å². The number of carbonyl (C=O) groups excluding carboxylic acids is 1. The molecule has 0 unspecified atom stereocenters. The molecule has 140 valence electrons. The van der Waals surface area contributed by atoms with Crippen LogP contribution in [-0.4, -0.2) is 25.4 Å². The number of rotatable bonds is 4. The Kier molecular flexibility index (Phi) is 5.64. The molecule has 0 bridgehead atoms. The average Bonchev–Trinajstić information content (AvgIpc) is 2.92. The third kappa shape index (κ3) is 3.84. The highest BCUT2D eigenvalue weighted by Crippen LogP contribution is 2.38. The van der Waals surface area contributed by atoms with Crippen LogP contribution in [0.3, 0.4) is 0 Å². The van der Waals surface area contributed by atoms with Gasteiger partial charge < -0.3 is 5.32 Å². The molecule has 2 aromatic rings. The lowest BCUT2D eigenvalue weighted by Crippen LogP contribution is -2.21. The Hall–Kier alpha value is -2.11. The van der Waals surface area contributed by atoms with E-state index in [1.54, 1.807) is 0 Å². The monoisotopic (exact) mass is 434 g/mol. The summed E-state index contributed by atoms with van der Waals surface area (Å²) in [5.74, 6) is -3.51. The number of alkyl halides is 5. The van der Waals surface area contributed by atoms with E-state index in [0.717, 1.165) is 6.07 Å². The highest BCUT2D eigenvalue weighted by atomic mass is 35.5. The van der Waals surface area contributed by atoms with Crippen LogP contribution in [0.5, 0.6) is 0 Å². The fraction of sp³-hybridized carbons (Fsp3) is 0.167. The van der Waals surface area contributed by atoms with Crippen molar-refractivity contribution in [2.45, 2.75) is 11.0 Å². The SMILES string of the molecule is O=C(Nc1c([N+](=O)[O-])cnn1-c1ccc(C(F)(F)F)c(F)c1Cl)C(Cl)Cl. The van der Waals surface area contributed by atoms with Crippen molar-refractivity contribution >= 4 is 52.2 Å². The van der Waals surface area contributed by atoms with Crippen LogP contribution in [-0.2, 0) is 11.0 Å². The molecule has 0 fully saturated rings. The average molecular weight is 436 g/mol. The maximum atomic E-state index is 14.0. The number of hydrogen-bond donors (Lipinski definition) is 1. The van der Waals surface area contributed by atoms with E-state index in [1.807, 2.05) is 5.32 Å². The fourth-order valence-electron chi connectivity index (χ4n) is 1.87. The zero-order valence-corrected chi connectivity index (χ0v) is 14.3. The molecule has 26 heavy (non-hydrogen) atoms. The summed E-state index contributed by atoms with van der Waals surface area (Å²) < 4.78 is 52.7. The number of halogens is 7. The zero-order valence-electron chi connectivity index (χ0n) is 12.0. The minimum atomic E-state index is -5.01. The summed E-state index contributed by atoms with van der Waals surface area (Å²) in [6, 6.07) is 1.11. The molecule has 0 aliphatic carbocycles. The lowest BCUT2D eigenvalue weighted by molar-refractivity contribution is -0.384. The van der Waals surface area contributed by atoms with Crippen LogP contribution in [0, 0.1) is 15.9 Å². The largest absolute Gasteiger partial charge is 0.419 e. The molecular weight excluding hydrogens is 431 g/mol. The molecule has 7 nitrogen and oxygen atoms in total. The van der Waals surface area contributed by atoms with Crippen LogP contribution in [0.25, 0.3) is 5.69 Å². The van der Waals surface area contributed by atoms with Crippen molar-refractivity contribution in [3.05, 3.63) is 44.8 Å². The number of aromatic nitrogens is 2. The van der Waals surface area contributed by atoms with Crippen LogP contribution < -0.4 is 5.32 Å².